The lowest BCUT2D eigenvalue weighted by Crippen LogP contribution is -2.43. The van der Waals surface area contributed by atoms with Gasteiger partial charge in [0.25, 0.3) is 0 Å². The molecule has 5 heterocycles. The van der Waals surface area contributed by atoms with E-state index in [9.17, 15) is 62.4 Å². The molecular weight excluding hydrogens is 1450 g/mol. The van der Waals surface area contributed by atoms with E-state index in [4.69, 9.17) is 45.4 Å². The number of alkyl carbamates (subject to hydrolysis) is 4. The number of hydrogen-bond donors (Lipinski definition) is 12. The summed E-state index contributed by atoms with van der Waals surface area (Å²) in [4.78, 5) is 80.6. The quantitative estimate of drug-likeness (QED) is 0.0172. The van der Waals surface area contributed by atoms with Crippen molar-refractivity contribution in [1.29, 1.82) is 0 Å². The Kier molecular flexibility index (Phi) is 49.1. The van der Waals surface area contributed by atoms with Crippen LogP contribution in [-0.2, 0) is 33.3 Å². The Morgan fingerprint density at radius 1 is 0.471 bits per heavy atom. The van der Waals surface area contributed by atoms with Gasteiger partial charge in [0.15, 0.2) is 11.9 Å². The van der Waals surface area contributed by atoms with Gasteiger partial charge < -0.3 is 92.1 Å². The first kappa shape index (κ1) is 99.9. The second kappa shape index (κ2) is 51.2. The number of nitrogens with zero attached hydrogens (tertiary/aromatic N) is 2. The van der Waals surface area contributed by atoms with Gasteiger partial charge >= 0.3 is 36.5 Å². The van der Waals surface area contributed by atoms with Gasteiger partial charge in [0.2, 0.25) is 6.29 Å². The maximum Gasteiger partial charge on any atom is 0.446 e. The topological polar surface area (TPSA) is 384 Å². The van der Waals surface area contributed by atoms with Crippen molar-refractivity contribution in [3.05, 3.63) is 112 Å². The number of likely N-dealkylation sites (N-methyl/N-ethyl adjacent to an activating group) is 2. The molecule has 0 fully saturated rings. The fourth-order valence-electron chi connectivity index (χ4n) is 8.06. The molecule has 104 heavy (non-hydrogen) atoms. The van der Waals surface area contributed by atoms with Gasteiger partial charge in [0.05, 0.1) is 18.3 Å². The average molecular weight is 1570 g/mol. The number of carboxylic acids is 1. The summed E-state index contributed by atoms with van der Waals surface area (Å²) in [5.41, 5.74) is 13.0. The van der Waals surface area contributed by atoms with Gasteiger partial charge in [0, 0.05) is 74.9 Å². The number of carbonyl (C=O) groups excluding carboxylic acids is 6. The number of Topliss-reactive ketones (excluding diaryl/α,β-unsaturated/α-hetero) is 1. The van der Waals surface area contributed by atoms with Gasteiger partial charge in [-0.15, -0.1) is 0 Å². The second-order valence-electron chi connectivity index (χ2n) is 28.4. The number of aliphatic hydroxyl groups is 5. The molecule has 0 bridgehead atoms. The lowest BCUT2D eigenvalue weighted by atomic mass is 10.0. The highest BCUT2D eigenvalue weighted by Crippen LogP contribution is 2.24. The number of ketones is 1. The fraction of sp³-hybridized carbons (Fsp3) is 0.620. The van der Waals surface area contributed by atoms with Crippen molar-refractivity contribution in [2.45, 2.75) is 239 Å². The summed E-state index contributed by atoms with van der Waals surface area (Å²) in [6.45, 7) is 34.3. The van der Waals surface area contributed by atoms with Crippen LogP contribution in [0.15, 0.2) is 84.1 Å². The number of carboxylic acid groups (broad SMARTS) is 1. The van der Waals surface area contributed by atoms with Crippen LogP contribution in [0, 0.1) is 0 Å². The standard InChI is InChI=1S/C15H26N2O3S.C15H23NO4S.C15H25NO3S.C10H18N2OS.C8H18N2O2.C6H6O3S.C2HF3O/c1-11(16-14(19)20-15(2,3)4)8-17(5)9-13(18)12-6-7-21-10-12;1-10(16-14(19)20-15(2,3)4)5-6-12(17)13(18)11-7-8-21-9-11;1-11(16-14(18)19-15(2,3)4)6-5-7-13(17)12-8-9-20-10-12;1-8(11)5-12(2)6-10(13)9-3-4-14-7-9;1-6(5-9)10-7(11)12-8(2,3)4;7-5(6(8)9)4-1-2-10-3-4;3-2(4,5)1-6/h6-7,10-11,13,18H,8-9H2,1-5H3,(H,16,19);7-10,13,18H,5-6H2,1-4H3,(H,16,19);8-11,13,17H,5-7H2,1-4H3,(H,16,18);3-4,7-8,10,13H,5-6,11H2,1-2H3;6H,5,9H2,1-4H3,(H,10,11);1-3,5,7H,(H,8,9);1H/t11-,13-;10-,13+;11-,13-;8-,10-;6-;5-;/m111110./s1. The normalized spacial score (nSPS) is 14.3. The van der Waals surface area contributed by atoms with E-state index in [2.05, 4.69) is 21.3 Å². The Hall–Kier alpha value is -6.18. The Morgan fingerprint density at radius 3 is 1.07 bits per heavy atom. The summed E-state index contributed by atoms with van der Waals surface area (Å²) in [7, 11) is 3.89. The lowest BCUT2D eigenvalue weighted by molar-refractivity contribution is -0.156. The highest BCUT2D eigenvalue weighted by molar-refractivity contribution is 7.09. The van der Waals surface area contributed by atoms with Crippen LogP contribution in [0.25, 0.3) is 0 Å². The molecule has 14 N–H and O–H groups in total. The zero-order valence-corrected chi connectivity index (χ0v) is 67.6. The number of hydrogen-bond acceptors (Lipinski definition) is 25. The van der Waals surface area contributed by atoms with Crippen LogP contribution in [0.4, 0.5) is 32.3 Å². The summed E-state index contributed by atoms with van der Waals surface area (Å²) in [6.07, 6.45) is -8.14. The number of carbonyl (C=O) groups is 7. The highest BCUT2D eigenvalue weighted by Gasteiger charge is 2.26. The van der Waals surface area contributed by atoms with Crippen LogP contribution < -0.4 is 32.7 Å². The summed E-state index contributed by atoms with van der Waals surface area (Å²) in [5.74, 6) is -1.45. The third-order valence-corrected chi connectivity index (χ3v) is 16.2. The van der Waals surface area contributed by atoms with Crippen LogP contribution in [0.3, 0.4) is 0 Å². The molecule has 0 saturated carbocycles. The third kappa shape index (κ3) is 55.3. The Bertz CT molecular complexity index is 3070. The van der Waals surface area contributed by atoms with Gasteiger partial charge in [-0.25, -0.2) is 24.0 Å². The first-order chi connectivity index (χ1) is 47.9. The molecule has 5 aromatic rings. The molecule has 0 aliphatic heterocycles. The van der Waals surface area contributed by atoms with Crippen LogP contribution in [0.2, 0.25) is 0 Å². The zero-order chi connectivity index (χ0) is 80.4. The summed E-state index contributed by atoms with van der Waals surface area (Å²) in [5, 5.41) is 86.5. The van der Waals surface area contributed by atoms with E-state index in [-0.39, 0.29) is 48.5 Å². The highest BCUT2D eigenvalue weighted by atomic mass is 32.1. The fourth-order valence-corrected chi connectivity index (χ4v) is 11.5. The number of aldehydes is 1. The number of rotatable bonds is 27. The van der Waals surface area contributed by atoms with E-state index in [0.29, 0.717) is 50.1 Å². The number of alkyl halides is 3. The first-order valence-electron chi connectivity index (χ1n) is 33.5. The third-order valence-electron chi connectivity index (χ3n) is 12.7. The second-order valence-corrected chi connectivity index (χ2v) is 32.3. The number of aliphatic hydroxyl groups excluding tert-OH is 5. The minimum atomic E-state index is -4.64. The van der Waals surface area contributed by atoms with Crippen molar-refractivity contribution < 1.29 is 96.3 Å². The maximum absolute atomic E-state index is 11.9. The molecule has 10 atom stereocenters. The van der Waals surface area contributed by atoms with Crippen LogP contribution in [0.1, 0.15) is 208 Å². The minimum absolute atomic E-state index is 0.0412. The molecule has 0 aromatic carbocycles. The van der Waals surface area contributed by atoms with E-state index in [1.54, 1.807) is 90.0 Å². The predicted molar refractivity (Wildman–Crippen MR) is 407 cm³/mol. The number of aliphatic carboxylic acids is 1. The monoisotopic (exact) mass is 1570 g/mol. The Labute approximate surface area is 632 Å². The van der Waals surface area contributed by atoms with E-state index < -0.39 is 89.6 Å². The molecule has 33 heteroatoms. The zero-order valence-electron chi connectivity index (χ0n) is 63.5. The van der Waals surface area contributed by atoms with Gasteiger partial charge in [-0.1, -0.05) is 0 Å². The average Bonchev–Trinajstić information content (AvgIpc) is 1.75. The largest absolute Gasteiger partial charge is 0.479 e. The number of nitrogens with one attached hydrogen (secondary N) is 4. The smallest absolute Gasteiger partial charge is 0.446 e. The molecule has 4 amide bonds. The van der Waals surface area contributed by atoms with Crippen molar-refractivity contribution in [2.24, 2.45) is 11.5 Å². The molecule has 25 nitrogen and oxygen atoms in total. The molecular formula is C71H117F3N8O17S5. The number of ether oxygens (including phenoxy) is 4. The Morgan fingerprint density at radius 2 is 0.769 bits per heavy atom. The Balaban J connectivity index is 0. The van der Waals surface area contributed by atoms with Crippen molar-refractivity contribution in [3.63, 3.8) is 0 Å². The van der Waals surface area contributed by atoms with E-state index in [1.807, 2.05) is 170 Å². The van der Waals surface area contributed by atoms with E-state index in [0.717, 1.165) is 36.1 Å². The molecule has 0 aliphatic rings. The van der Waals surface area contributed by atoms with Gasteiger partial charge in [0.1, 0.15) is 28.5 Å². The number of thiophene rings is 5. The maximum atomic E-state index is 11.9. The number of amides is 4. The molecule has 5 rings (SSSR count). The van der Waals surface area contributed by atoms with Crippen LogP contribution >= 0.6 is 56.7 Å². The van der Waals surface area contributed by atoms with Gasteiger partial charge in [-0.3, -0.25) is 9.59 Å². The number of nitrogens with two attached hydrogens (primary N) is 2. The summed E-state index contributed by atoms with van der Waals surface area (Å²) < 4.78 is 51.8. The molecule has 0 aliphatic carbocycles. The van der Waals surface area contributed by atoms with Crippen molar-refractivity contribution in [3.8, 4) is 0 Å². The lowest BCUT2D eigenvalue weighted by Gasteiger charge is -2.26. The number of halogens is 3. The van der Waals surface area contributed by atoms with Crippen LogP contribution in [-0.4, -0.2) is 188 Å². The van der Waals surface area contributed by atoms with Gasteiger partial charge in [-0.05, 0) is 264 Å². The SMILES string of the molecule is C[C@@H](N)CN(C)C[C@@H](O)c1ccsc1.C[C@H](CCC(=O)[C@@H](O)c1ccsc1)NC(=O)OC(C)(C)C.C[C@H](CCC[C@@H](O)c1ccsc1)NC(=O)OC(C)(C)C.C[C@H](CN(C)C[C@@H](O)c1ccsc1)NC(=O)OC(C)(C)C.C[C@H](CN)NC(=O)OC(C)(C)C.O=C(O)[C@@H](O)c1ccsc1.O=CC(F)(F)F. The molecule has 0 unspecified atom stereocenters. The first-order valence-corrected chi connectivity index (χ1v) is 38.2. The molecule has 0 spiro atoms. The molecule has 0 saturated heterocycles. The van der Waals surface area contributed by atoms with Crippen molar-refractivity contribution >= 4 is 99.1 Å². The van der Waals surface area contributed by atoms with E-state index >= 15 is 0 Å². The minimum Gasteiger partial charge on any atom is -0.479 e. The molecule has 0 radical (unpaired) electrons. The van der Waals surface area contributed by atoms with Crippen molar-refractivity contribution in [2.75, 3.05) is 46.8 Å². The van der Waals surface area contributed by atoms with E-state index in [1.165, 1.54) is 22.7 Å². The molecule has 5 aromatic heterocycles. The van der Waals surface area contributed by atoms with Gasteiger partial charge in [-0.2, -0.15) is 69.9 Å². The summed E-state index contributed by atoms with van der Waals surface area (Å²) >= 11 is 7.56. The molecule has 594 valence electrons. The van der Waals surface area contributed by atoms with Crippen molar-refractivity contribution in [1.82, 2.24) is 31.1 Å². The van der Waals surface area contributed by atoms with Crippen LogP contribution in [0.5, 0.6) is 0 Å². The predicted octanol–water partition coefficient (Wildman–Crippen LogP) is 13.1. The summed E-state index contributed by atoms with van der Waals surface area (Å²) in [6, 6.07) is 9.03.